The average Bonchev–Trinajstić information content (AvgIpc) is 2.41. The quantitative estimate of drug-likeness (QED) is 0.860. The lowest BCUT2D eigenvalue weighted by atomic mass is 10.0. The highest BCUT2D eigenvalue weighted by atomic mass is 35.5. The smallest absolute Gasteiger partial charge is 0.337 e. The van der Waals surface area contributed by atoms with Crippen LogP contribution in [-0.2, 0) is 11.3 Å². The molecule has 1 aliphatic rings. The Bertz CT molecular complexity index is 418. The van der Waals surface area contributed by atoms with Gasteiger partial charge in [-0.25, -0.2) is 4.79 Å². The van der Waals surface area contributed by atoms with Crippen LogP contribution in [0.3, 0.4) is 0 Å². The van der Waals surface area contributed by atoms with Gasteiger partial charge in [-0.15, -0.1) is 12.4 Å². The van der Waals surface area contributed by atoms with Crippen molar-refractivity contribution < 1.29 is 9.53 Å². The molecule has 0 aromatic heterocycles. The zero-order chi connectivity index (χ0) is 13.0. The number of hydrogen-bond acceptors (Lipinski definition) is 4. The molecule has 0 bridgehead atoms. The number of carbonyl (C=O) groups is 1. The first-order valence-electron chi connectivity index (χ1n) is 6.34. The zero-order valence-corrected chi connectivity index (χ0v) is 12.0. The van der Waals surface area contributed by atoms with Crippen molar-refractivity contribution >= 4 is 18.4 Å². The highest BCUT2D eigenvalue weighted by Crippen LogP contribution is 2.14. The number of piperidine rings is 1. The van der Waals surface area contributed by atoms with E-state index >= 15 is 0 Å². The summed E-state index contributed by atoms with van der Waals surface area (Å²) in [5.41, 5.74) is 7.65. The SMILES string of the molecule is COC(=O)c1cccc(CN2CCC(N)CC2)c1.Cl. The summed E-state index contributed by atoms with van der Waals surface area (Å²) in [4.78, 5) is 13.8. The van der Waals surface area contributed by atoms with Gasteiger partial charge in [0.1, 0.15) is 0 Å². The number of hydrogen-bond donors (Lipinski definition) is 1. The van der Waals surface area contributed by atoms with Gasteiger partial charge in [0, 0.05) is 12.6 Å². The molecule has 0 amide bonds. The Labute approximate surface area is 120 Å². The Balaban J connectivity index is 0.00000180. The van der Waals surface area contributed by atoms with E-state index in [-0.39, 0.29) is 18.4 Å². The van der Waals surface area contributed by atoms with Gasteiger partial charge in [0.25, 0.3) is 0 Å². The Hall–Kier alpha value is -1.10. The summed E-state index contributed by atoms with van der Waals surface area (Å²) in [5.74, 6) is -0.280. The fourth-order valence-corrected chi connectivity index (χ4v) is 2.28. The summed E-state index contributed by atoms with van der Waals surface area (Å²) in [5, 5.41) is 0. The lowest BCUT2D eigenvalue weighted by molar-refractivity contribution is 0.0600. The standard InChI is InChI=1S/C14H20N2O2.ClH/c1-18-14(17)12-4-2-3-11(9-12)10-16-7-5-13(15)6-8-16;/h2-4,9,13H,5-8,10,15H2,1H3;1H. The van der Waals surface area contributed by atoms with Crippen LogP contribution in [0.15, 0.2) is 24.3 Å². The maximum Gasteiger partial charge on any atom is 0.337 e. The van der Waals surface area contributed by atoms with Crippen molar-refractivity contribution in [2.45, 2.75) is 25.4 Å². The predicted molar refractivity (Wildman–Crippen MR) is 77.5 cm³/mol. The molecule has 1 aliphatic heterocycles. The number of likely N-dealkylation sites (tertiary alicyclic amines) is 1. The molecule has 0 saturated carbocycles. The third kappa shape index (κ3) is 4.49. The molecule has 1 saturated heterocycles. The number of ether oxygens (including phenoxy) is 1. The van der Waals surface area contributed by atoms with Gasteiger partial charge in [-0.05, 0) is 43.6 Å². The molecule has 0 spiro atoms. The number of benzene rings is 1. The van der Waals surface area contributed by atoms with E-state index in [0.717, 1.165) is 38.0 Å². The van der Waals surface area contributed by atoms with Crippen LogP contribution in [0, 0.1) is 0 Å². The van der Waals surface area contributed by atoms with E-state index in [9.17, 15) is 4.79 Å². The van der Waals surface area contributed by atoms with Gasteiger partial charge < -0.3 is 10.5 Å². The molecule has 106 valence electrons. The molecular weight excluding hydrogens is 264 g/mol. The summed E-state index contributed by atoms with van der Waals surface area (Å²) >= 11 is 0. The fraction of sp³-hybridized carbons (Fsp3) is 0.500. The monoisotopic (exact) mass is 284 g/mol. The molecule has 0 unspecified atom stereocenters. The predicted octanol–water partition coefficient (Wildman–Crippen LogP) is 1.82. The molecule has 19 heavy (non-hydrogen) atoms. The largest absolute Gasteiger partial charge is 0.465 e. The normalized spacial score (nSPS) is 16.7. The second-order valence-electron chi connectivity index (χ2n) is 4.81. The van der Waals surface area contributed by atoms with Crippen molar-refractivity contribution in [2.24, 2.45) is 5.73 Å². The van der Waals surface area contributed by atoms with Crippen LogP contribution in [-0.4, -0.2) is 37.1 Å². The minimum absolute atomic E-state index is 0. The Kier molecular flexibility index (Phi) is 6.28. The van der Waals surface area contributed by atoms with Crippen LogP contribution in [0.4, 0.5) is 0 Å². The van der Waals surface area contributed by atoms with Crippen molar-refractivity contribution in [3.8, 4) is 0 Å². The van der Waals surface area contributed by atoms with Crippen molar-refractivity contribution in [1.29, 1.82) is 0 Å². The van der Waals surface area contributed by atoms with Crippen LogP contribution in [0.25, 0.3) is 0 Å². The third-order valence-corrected chi connectivity index (χ3v) is 3.39. The van der Waals surface area contributed by atoms with Crippen molar-refractivity contribution in [1.82, 2.24) is 4.90 Å². The summed E-state index contributed by atoms with van der Waals surface area (Å²) in [7, 11) is 1.40. The molecule has 1 heterocycles. The second-order valence-corrected chi connectivity index (χ2v) is 4.81. The molecule has 0 aliphatic carbocycles. The molecule has 0 radical (unpaired) electrons. The summed E-state index contributed by atoms with van der Waals surface area (Å²) in [6, 6.07) is 7.97. The Morgan fingerprint density at radius 1 is 1.42 bits per heavy atom. The van der Waals surface area contributed by atoms with Crippen molar-refractivity contribution in [3.05, 3.63) is 35.4 Å². The first-order valence-corrected chi connectivity index (χ1v) is 6.34. The minimum Gasteiger partial charge on any atom is -0.465 e. The van der Waals surface area contributed by atoms with Crippen molar-refractivity contribution in [3.63, 3.8) is 0 Å². The second kappa shape index (κ2) is 7.48. The molecule has 2 rings (SSSR count). The fourth-order valence-electron chi connectivity index (χ4n) is 2.28. The lowest BCUT2D eigenvalue weighted by Gasteiger charge is -2.30. The highest BCUT2D eigenvalue weighted by Gasteiger charge is 2.16. The molecular formula is C14H21ClN2O2. The lowest BCUT2D eigenvalue weighted by Crippen LogP contribution is -2.39. The molecule has 1 aromatic rings. The van der Waals surface area contributed by atoms with Gasteiger partial charge in [-0.2, -0.15) is 0 Å². The van der Waals surface area contributed by atoms with E-state index in [4.69, 9.17) is 10.5 Å². The first kappa shape index (κ1) is 16.0. The van der Waals surface area contributed by atoms with Crippen LogP contribution >= 0.6 is 12.4 Å². The van der Waals surface area contributed by atoms with Gasteiger partial charge >= 0.3 is 5.97 Å². The van der Waals surface area contributed by atoms with Gasteiger partial charge in [0.15, 0.2) is 0 Å². The van der Waals surface area contributed by atoms with Crippen molar-refractivity contribution in [2.75, 3.05) is 20.2 Å². The molecule has 4 nitrogen and oxygen atoms in total. The van der Waals surface area contributed by atoms with Gasteiger partial charge in [-0.1, -0.05) is 12.1 Å². The number of halogens is 1. The number of nitrogens with two attached hydrogens (primary N) is 1. The molecule has 1 aromatic carbocycles. The van der Waals surface area contributed by atoms with Gasteiger partial charge in [0.2, 0.25) is 0 Å². The van der Waals surface area contributed by atoms with Crippen LogP contribution in [0.1, 0.15) is 28.8 Å². The van der Waals surface area contributed by atoms with E-state index in [1.54, 1.807) is 6.07 Å². The number of esters is 1. The summed E-state index contributed by atoms with van der Waals surface area (Å²) in [6.07, 6.45) is 2.10. The Morgan fingerprint density at radius 3 is 2.74 bits per heavy atom. The van der Waals surface area contributed by atoms with E-state index in [0.29, 0.717) is 11.6 Å². The maximum absolute atomic E-state index is 11.4. The van der Waals surface area contributed by atoms with Gasteiger partial charge in [0.05, 0.1) is 12.7 Å². The third-order valence-electron chi connectivity index (χ3n) is 3.39. The molecule has 5 heteroatoms. The number of rotatable bonds is 3. The number of methoxy groups -OCH3 is 1. The van der Waals surface area contributed by atoms with Gasteiger partial charge in [-0.3, -0.25) is 4.90 Å². The summed E-state index contributed by atoms with van der Waals surface area (Å²) < 4.78 is 4.73. The summed E-state index contributed by atoms with van der Waals surface area (Å²) in [6.45, 7) is 2.94. The van der Waals surface area contributed by atoms with Crippen LogP contribution in [0.5, 0.6) is 0 Å². The highest BCUT2D eigenvalue weighted by molar-refractivity contribution is 5.89. The van der Waals surface area contributed by atoms with E-state index in [1.807, 2.05) is 18.2 Å². The van der Waals surface area contributed by atoms with E-state index in [2.05, 4.69) is 4.90 Å². The van der Waals surface area contributed by atoms with E-state index in [1.165, 1.54) is 7.11 Å². The number of nitrogens with zero attached hydrogens (tertiary/aromatic N) is 1. The Morgan fingerprint density at radius 2 is 2.11 bits per heavy atom. The minimum atomic E-state index is -0.280. The van der Waals surface area contributed by atoms with Crippen LogP contribution < -0.4 is 5.73 Å². The average molecular weight is 285 g/mol. The molecule has 1 fully saturated rings. The zero-order valence-electron chi connectivity index (χ0n) is 11.2. The first-order chi connectivity index (χ1) is 8.69. The number of carbonyl (C=O) groups excluding carboxylic acids is 1. The molecule has 2 N–H and O–H groups in total. The van der Waals surface area contributed by atoms with E-state index < -0.39 is 0 Å². The van der Waals surface area contributed by atoms with Crippen LogP contribution in [0.2, 0.25) is 0 Å². The topological polar surface area (TPSA) is 55.6 Å². The maximum atomic E-state index is 11.4. The molecule has 0 atom stereocenters.